The van der Waals surface area contributed by atoms with Crippen LogP contribution in [-0.4, -0.2) is 38.4 Å². The summed E-state index contributed by atoms with van der Waals surface area (Å²) in [5, 5.41) is 2.74. The van der Waals surface area contributed by atoms with Gasteiger partial charge in [0.15, 0.2) is 11.5 Å². The minimum atomic E-state index is -0.423. The van der Waals surface area contributed by atoms with Gasteiger partial charge in [-0.1, -0.05) is 6.92 Å². The highest BCUT2D eigenvalue weighted by Crippen LogP contribution is 2.46. The molecule has 0 spiro atoms. The molecule has 0 radical (unpaired) electrons. The number of esters is 1. The number of thioether (sulfide) groups is 1. The third-order valence-electron chi connectivity index (χ3n) is 3.12. The number of carbonyl (C=O) groups is 2. The van der Waals surface area contributed by atoms with Crippen molar-refractivity contribution in [1.82, 2.24) is 5.32 Å². The van der Waals surface area contributed by atoms with E-state index < -0.39 is 5.97 Å². The molecule has 1 aromatic rings. The summed E-state index contributed by atoms with van der Waals surface area (Å²) >= 11 is 1.56. The van der Waals surface area contributed by atoms with Crippen LogP contribution in [-0.2, 0) is 16.0 Å². The van der Waals surface area contributed by atoms with E-state index in [1.54, 1.807) is 18.9 Å². The second kappa shape index (κ2) is 10.1. The quantitative estimate of drug-likeness (QED) is 0.417. The van der Waals surface area contributed by atoms with Crippen molar-refractivity contribution in [2.45, 2.75) is 38.5 Å². The normalized spacial score (nSPS) is 10.2. The molecule has 0 bridgehead atoms. The molecule has 1 rings (SSSR count). The topological polar surface area (TPSA) is 73.9 Å². The summed E-state index contributed by atoms with van der Waals surface area (Å²) in [4.78, 5) is 23.3. The summed E-state index contributed by atoms with van der Waals surface area (Å²) < 4.78 is 16.4. The maximum atomic E-state index is 11.5. The monoisotopic (exact) mass is 355 g/mol. The molecule has 0 atom stereocenters. The molecule has 0 saturated heterocycles. The first kappa shape index (κ1) is 20.2. The number of amides is 1. The zero-order valence-electron chi connectivity index (χ0n) is 14.9. The molecular weight excluding hydrogens is 330 g/mol. The highest BCUT2D eigenvalue weighted by molar-refractivity contribution is 7.99. The van der Waals surface area contributed by atoms with E-state index in [1.165, 1.54) is 21.0 Å². The van der Waals surface area contributed by atoms with Crippen molar-refractivity contribution in [3.63, 3.8) is 0 Å². The van der Waals surface area contributed by atoms with Crippen molar-refractivity contribution in [3.05, 3.63) is 11.6 Å². The predicted molar refractivity (Wildman–Crippen MR) is 94.3 cm³/mol. The van der Waals surface area contributed by atoms with Gasteiger partial charge in [0.05, 0.1) is 19.1 Å². The molecule has 0 aromatic heterocycles. The third-order valence-corrected chi connectivity index (χ3v) is 4.41. The third kappa shape index (κ3) is 5.63. The highest BCUT2D eigenvalue weighted by Gasteiger charge is 2.22. The van der Waals surface area contributed by atoms with E-state index in [0.717, 1.165) is 22.6 Å². The zero-order chi connectivity index (χ0) is 18.1. The second-order valence-electron chi connectivity index (χ2n) is 5.10. The molecule has 6 nitrogen and oxygen atoms in total. The molecule has 0 aliphatic rings. The van der Waals surface area contributed by atoms with Crippen molar-refractivity contribution < 1.29 is 23.8 Å². The summed E-state index contributed by atoms with van der Waals surface area (Å²) in [6.07, 6.45) is 1.51. The van der Waals surface area contributed by atoms with Crippen molar-refractivity contribution in [3.8, 4) is 17.2 Å². The average molecular weight is 355 g/mol. The molecule has 0 heterocycles. The SMILES string of the molecule is CCCSc1c(OC)cc(CCNC(C)=O)c(OC)c1OC(C)=O. The van der Waals surface area contributed by atoms with Crippen molar-refractivity contribution in [2.75, 3.05) is 26.5 Å². The number of rotatable bonds is 9. The Hall–Kier alpha value is -1.89. The molecule has 7 heteroatoms. The minimum Gasteiger partial charge on any atom is -0.495 e. The smallest absolute Gasteiger partial charge is 0.308 e. The van der Waals surface area contributed by atoms with Gasteiger partial charge in [0.2, 0.25) is 5.91 Å². The minimum absolute atomic E-state index is 0.101. The van der Waals surface area contributed by atoms with Gasteiger partial charge in [0.1, 0.15) is 5.75 Å². The van der Waals surface area contributed by atoms with Gasteiger partial charge in [-0.25, -0.2) is 0 Å². The molecule has 0 unspecified atom stereocenters. The second-order valence-corrected chi connectivity index (χ2v) is 6.21. The van der Waals surface area contributed by atoms with E-state index in [2.05, 4.69) is 12.2 Å². The molecule has 24 heavy (non-hydrogen) atoms. The predicted octanol–water partition coefficient (Wildman–Crippen LogP) is 2.81. The lowest BCUT2D eigenvalue weighted by molar-refractivity contribution is -0.132. The Labute approximate surface area is 147 Å². The van der Waals surface area contributed by atoms with Crippen LogP contribution in [0.2, 0.25) is 0 Å². The van der Waals surface area contributed by atoms with Gasteiger partial charge >= 0.3 is 5.97 Å². The number of hydrogen-bond donors (Lipinski definition) is 1. The maximum absolute atomic E-state index is 11.5. The fraction of sp³-hybridized carbons (Fsp3) is 0.529. The molecule has 1 aromatic carbocycles. The van der Waals surface area contributed by atoms with E-state index >= 15 is 0 Å². The van der Waals surface area contributed by atoms with Crippen molar-refractivity contribution in [2.24, 2.45) is 0 Å². The van der Waals surface area contributed by atoms with Crippen LogP contribution in [0.15, 0.2) is 11.0 Å². The largest absolute Gasteiger partial charge is 0.495 e. The number of nitrogens with one attached hydrogen (secondary N) is 1. The lowest BCUT2D eigenvalue weighted by atomic mass is 10.1. The molecule has 1 amide bonds. The van der Waals surface area contributed by atoms with E-state index in [4.69, 9.17) is 14.2 Å². The summed E-state index contributed by atoms with van der Waals surface area (Å²) in [5.74, 6) is 1.84. The van der Waals surface area contributed by atoms with Gasteiger partial charge in [-0.15, -0.1) is 11.8 Å². The Morgan fingerprint density at radius 2 is 1.88 bits per heavy atom. The Kier molecular flexibility index (Phi) is 8.46. The van der Waals surface area contributed by atoms with Crippen molar-refractivity contribution >= 4 is 23.6 Å². The molecule has 0 aliphatic heterocycles. The van der Waals surface area contributed by atoms with E-state index in [1.807, 2.05) is 6.07 Å². The van der Waals surface area contributed by atoms with Crippen LogP contribution >= 0.6 is 11.8 Å². The Bertz CT molecular complexity index is 589. The Morgan fingerprint density at radius 1 is 1.17 bits per heavy atom. The molecule has 0 fully saturated rings. The fourth-order valence-electron chi connectivity index (χ4n) is 2.16. The summed E-state index contributed by atoms with van der Waals surface area (Å²) in [6, 6.07) is 1.87. The number of ether oxygens (including phenoxy) is 3. The maximum Gasteiger partial charge on any atom is 0.308 e. The van der Waals surface area contributed by atoms with Crippen LogP contribution < -0.4 is 19.5 Å². The van der Waals surface area contributed by atoms with Crippen LogP contribution in [0.1, 0.15) is 32.8 Å². The molecule has 1 N–H and O–H groups in total. The van der Waals surface area contributed by atoms with Gasteiger partial charge in [0.25, 0.3) is 0 Å². The van der Waals surface area contributed by atoms with Gasteiger partial charge in [0, 0.05) is 26.0 Å². The number of carbonyl (C=O) groups excluding carboxylic acids is 2. The number of hydrogen-bond acceptors (Lipinski definition) is 6. The van der Waals surface area contributed by atoms with E-state index in [0.29, 0.717) is 30.2 Å². The Balaban J connectivity index is 3.33. The van der Waals surface area contributed by atoms with Crippen LogP contribution in [0.4, 0.5) is 0 Å². The summed E-state index contributed by atoms with van der Waals surface area (Å²) in [5.41, 5.74) is 0.806. The summed E-state index contributed by atoms with van der Waals surface area (Å²) in [6.45, 7) is 5.34. The molecule has 0 saturated carbocycles. The lowest BCUT2D eigenvalue weighted by Gasteiger charge is -2.19. The van der Waals surface area contributed by atoms with Crippen LogP contribution in [0.25, 0.3) is 0 Å². The van der Waals surface area contributed by atoms with Gasteiger partial charge in [-0.3, -0.25) is 9.59 Å². The number of methoxy groups -OCH3 is 2. The molecular formula is C17H25NO5S. The summed E-state index contributed by atoms with van der Waals surface area (Å²) in [7, 11) is 3.11. The highest BCUT2D eigenvalue weighted by atomic mass is 32.2. The van der Waals surface area contributed by atoms with Crippen LogP contribution in [0, 0.1) is 0 Å². The van der Waals surface area contributed by atoms with Crippen LogP contribution in [0.5, 0.6) is 17.2 Å². The first-order chi connectivity index (χ1) is 11.4. The van der Waals surface area contributed by atoms with Crippen molar-refractivity contribution in [1.29, 1.82) is 0 Å². The van der Waals surface area contributed by atoms with E-state index in [-0.39, 0.29) is 5.91 Å². The molecule has 134 valence electrons. The zero-order valence-corrected chi connectivity index (χ0v) is 15.7. The lowest BCUT2D eigenvalue weighted by Crippen LogP contribution is -2.22. The van der Waals surface area contributed by atoms with E-state index in [9.17, 15) is 9.59 Å². The standard InChI is InChI=1S/C17H25NO5S/c1-6-9-24-17-14(21-4)10-13(7-8-18-11(2)19)15(22-5)16(17)23-12(3)20/h10H,6-9H2,1-5H3,(H,18,19). The Morgan fingerprint density at radius 3 is 2.38 bits per heavy atom. The van der Waals surface area contributed by atoms with Crippen LogP contribution in [0.3, 0.4) is 0 Å². The average Bonchev–Trinajstić information content (AvgIpc) is 2.52. The fourth-order valence-corrected chi connectivity index (χ4v) is 3.12. The first-order valence-corrected chi connectivity index (χ1v) is 8.76. The first-order valence-electron chi connectivity index (χ1n) is 7.78. The molecule has 0 aliphatic carbocycles. The van der Waals surface area contributed by atoms with Gasteiger partial charge in [-0.05, 0) is 24.7 Å². The van der Waals surface area contributed by atoms with Gasteiger partial charge < -0.3 is 19.5 Å². The number of benzene rings is 1. The van der Waals surface area contributed by atoms with Gasteiger partial charge in [-0.2, -0.15) is 0 Å².